The van der Waals surface area contributed by atoms with E-state index in [0.717, 1.165) is 26.1 Å². The van der Waals surface area contributed by atoms with E-state index in [0.29, 0.717) is 29.9 Å². The molecule has 1 aromatic heterocycles. The maximum absolute atomic E-state index is 11.6. The maximum Gasteiger partial charge on any atom is 0.341 e. The molecule has 1 fully saturated rings. The van der Waals surface area contributed by atoms with Gasteiger partial charge in [-0.05, 0) is 26.7 Å². The number of esters is 1. The molecule has 0 radical (unpaired) electrons. The Hall–Kier alpha value is -1.69. The van der Waals surface area contributed by atoms with E-state index in [1.54, 1.807) is 13.8 Å². The van der Waals surface area contributed by atoms with Crippen LogP contribution in [-0.4, -0.2) is 41.8 Å². The quantitative estimate of drug-likeness (QED) is 0.833. The molecule has 1 N–H and O–H groups in total. The van der Waals surface area contributed by atoms with Gasteiger partial charge in [-0.25, -0.2) is 14.8 Å². The first kappa shape index (κ1) is 13.7. The Kier molecular flexibility index (Phi) is 4.68. The second-order valence-electron chi connectivity index (χ2n) is 4.44. The van der Waals surface area contributed by atoms with Crippen LogP contribution in [0.15, 0.2) is 6.20 Å². The molecule has 0 spiro atoms. The predicted octanol–water partition coefficient (Wildman–Crippen LogP) is 1.55. The Bertz CT molecular complexity index is 445. The molecular weight excluding hydrogens is 246 g/mol. The van der Waals surface area contributed by atoms with Gasteiger partial charge in [0.2, 0.25) is 5.95 Å². The van der Waals surface area contributed by atoms with E-state index < -0.39 is 0 Å². The minimum Gasteiger partial charge on any atom is -0.462 e. The summed E-state index contributed by atoms with van der Waals surface area (Å²) < 4.78 is 10.2. The molecule has 1 aliphatic heterocycles. The van der Waals surface area contributed by atoms with Crippen LogP contribution in [0.25, 0.3) is 0 Å². The van der Waals surface area contributed by atoms with Crippen molar-refractivity contribution in [3.05, 3.63) is 17.5 Å². The lowest BCUT2D eigenvalue weighted by Crippen LogP contribution is -2.28. The highest BCUT2D eigenvalue weighted by molar-refractivity contribution is 5.90. The summed E-state index contributed by atoms with van der Waals surface area (Å²) in [7, 11) is 0. The molecule has 0 amide bonds. The Morgan fingerprint density at radius 2 is 2.26 bits per heavy atom. The molecule has 1 saturated heterocycles. The molecule has 6 nitrogen and oxygen atoms in total. The largest absolute Gasteiger partial charge is 0.462 e. The first-order valence-corrected chi connectivity index (χ1v) is 6.55. The number of carbonyl (C=O) groups is 1. The molecule has 0 aliphatic carbocycles. The van der Waals surface area contributed by atoms with E-state index >= 15 is 0 Å². The number of hydrogen-bond donors (Lipinski definition) is 1. The molecular formula is C13H19N3O3. The van der Waals surface area contributed by atoms with Crippen molar-refractivity contribution in [3.8, 4) is 0 Å². The molecule has 0 unspecified atom stereocenters. The van der Waals surface area contributed by atoms with E-state index in [1.165, 1.54) is 6.20 Å². The number of hydrogen-bond acceptors (Lipinski definition) is 6. The van der Waals surface area contributed by atoms with Gasteiger partial charge in [0.15, 0.2) is 0 Å². The highest BCUT2D eigenvalue weighted by atomic mass is 16.5. The van der Waals surface area contributed by atoms with E-state index in [1.807, 2.05) is 0 Å². The van der Waals surface area contributed by atoms with Crippen LogP contribution in [0.3, 0.4) is 0 Å². The summed E-state index contributed by atoms with van der Waals surface area (Å²) in [5.41, 5.74) is 1.04. The second kappa shape index (κ2) is 6.47. The van der Waals surface area contributed by atoms with Gasteiger partial charge in [-0.1, -0.05) is 0 Å². The molecule has 0 saturated carbocycles. The fourth-order valence-electron chi connectivity index (χ4n) is 1.97. The van der Waals surface area contributed by atoms with Gasteiger partial charge in [-0.15, -0.1) is 0 Å². The number of anilines is 1. The SMILES string of the molecule is CCOC(=O)c1cnc(NC2CCOCC2)nc1C. The molecule has 0 bridgehead atoms. The summed E-state index contributed by atoms with van der Waals surface area (Å²) in [5, 5.41) is 3.27. The highest BCUT2D eigenvalue weighted by Crippen LogP contribution is 2.13. The molecule has 0 atom stereocenters. The summed E-state index contributed by atoms with van der Waals surface area (Å²) in [4.78, 5) is 20.1. The maximum atomic E-state index is 11.6. The zero-order chi connectivity index (χ0) is 13.7. The van der Waals surface area contributed by atoms with Crippen LogP contribution >= 0.6 is 0 Å². The van der Waals surface area contributed by atoms with Gasteiger partial charge in [0.1, 0.15) is 0 Å². The Morgan fingerprint density at radius 1 is 1.53 bits per heavy atom. The van der Waals surface area contributed by atoms with Gasteiger partial charge in [0.25, 0.3) is 0 Å². The standard InChI is InChI=1S/C13H19N3O3/c1-3-19-12(17)11-8-14-13(15-9(11)2)16-10-4-6-18-7-5-10/h8,10H,3-7H2,1-2H3,(H,14,15,16). The number of rotatable bonds is 4. The minimum atomic E-state index is -0.377. The van der Waals surface area contributed by atoms with Crippen molar-refractivity contribution in [2.75, 3.05) is 25.1 Å². The summed E-state index contributed by atoms with van der Waals surface area (Å²) in [6.45, 7) is 5.42. The summed E-state index contributed by atoms with van der Waals surface area (Å²) in [6.07, 6.45) is 3.41. The Labute approximate surface area is 112 Å². The van der Waals surface area contributed by atoms with E-state index in [4.69, 9.17) is 9.47 Å². The van der Waals surface area contributed by atoms with Gasteiger partial charge < -0.3 is 14.8 Å². The van der Waals surface area contributed by atoms with Crippen molar-refractivity contribution in [3.63, 3.8) is 0 Å². The average Bonchev–Trinajstić information content (AvgIpc) is 2.40. The van der Waals surface area contributed by atoms with Gasteiger partial charge in [-0.2, -0.15) is 0 Å². The second-order valence-corrected chi connectivity index (χ2v) is 4.44. The molecule has 2 heterocycles. The van der Waals surface area contributed by atoms with Gasteiger partial charge in [0.05, 0.1) is 17.9 Å². The van der Waals surface area contributed by atoms with Crippen molar-refractivity contribution in [1.82, 2.24) is 9.97 Å². The van der Waals surface area contributed by atoms with Crippen LogP contribution < -0.4 is 5.32 Å². The lowest BCUT2D eigenvalue weighted by atomic mass is 10.1. The number of aromatic nitrogens is 2. The molecule has 19 heavy (non-hydrogen) atoms. The van der Waals surface area contributed by atoms with Crippen LogP contribution in [0, 0.1) is 6.92 Å². The van der Waals surface area contributed by atoms with Gasteiger partial charge in [0, 0.05) is 25.5 Å². The van der Waals surface area contributed by atoms with Crippen molar-refractivity contribution in [1.29, 1.82) is 0 Å². The number of ether oxygens (including phenoxy) is 2. The van der Waals surface area contributed by atoms with Crippen LogP contribution in [-0.2, 0) is 9.47 Å². The summed E-state index contributed by atoms with van der Waals surface area (Å²) >= 11 is 0. The Morgan fingerprint density at radius 3 is 2.89 bits per heavy atom. The molecule has 104 valence electrons. The number of nitrogens with one attached hydrogen (secondary N) is 1. The zero-order valence-electron chi connectivity index (χ0n) is 11.3. The average molecular weight is 265 g/mol. The smallest absolute Gasteiger partial charge is 0.341 e. The molecule has 6 heteroatoms. The topological polar surface area (TPSA) is 73.3 Å². The monoisotopic (exact) mass is 265 g/mol. The number of nitrogens with zero attached hydrogens (tertiary/aromatic N) is 2. The zero-order valence-corrected chi connectivity index (χ0v) is 11.3. The van der Waals surface area contributed by atoms with Crippen LogP contribution in [0.2, 0.25) is 0 Å². The third-order valence-corrected chi connectivity index (χ3v) is 3.03. The lowest BCUT2D eigenvalue weighted by molar-refractivity contribution is 0.0524. The van der Waals surface area contributed by atoms with Crippen molar-refractivity contribution < 1.29 is 14.3 Å². The fourth-order valence-corrected chi connectivity index (χ4v) is 1.97. The first-order chi connectivity index (χ1) is 9.20. The first-order valence-electron chi connectivity index (χ1n) is 6.55. The lowest BCUT2D eigenvalue weighted by Gasteiger charge is -2.23. The molecule has 1 aromatic rings. The van der Waals surface area contributed by atoms with Crippen molar-refractivity contribution in [2.24, 2.45) is 0 Å². The number of carbonyl (C=O) groups excluding carboxylic acids is 1. The van der Waals surface area contributed by atoms with Crippen molar-refractivity contribution >= 4 is 11.9 Å². The summed E-state index contributed by atoms with van der Waals surface area (Å²) in [6, 6.07) is 0.335. The third kappa shape index (κ3) is 3.64. The molecule has 0 aromatic carbocycles. The normalized spacial score (nSPS) is 16.1. The van der Waals surface area contributed by atoms with Gasteiger partial charge in [-0.3, -0.25) is 0 Å². The third-order valence-electron chi connectivity index (χ3n) is 3.03. The highest BCUT2D eigenvalue weighted by Gasteiger charge is 2.16. The van der Waals surface area contributed by atoms with Crippen LogP contribution in [0.1, 0.15) is 35.8 Å². The molecule has 2 rings (SSSR count). The van der Waals surface area contributed by atoms with E-state index in [9.17, 15) is 4.79 Å². The van der Waals surface area contributed by atoms with Gasteiger partial charge >= 0.3 is 5.97 Å². The Balaban J connectivity index is 2.03. The minimum absolute atomic E-state index is 0.335. The summed E-state index contributed by atoms with van der Waals surface area (Å²) in [5.74, 6) is 0.176. The van der Waals surface area contributed by atoms with Crippen molar-refractivity contribution in [2.45, 2.75) is 32.7 Å². The fraction of sp³-hybridized carbons (Fsp3) is 0.615. The van der Waals surface area contributed by atoms with Crippen LogP contribution in [0.5, 0.6) is 0 Å². The predicted molar refractivity (Wildman–Crippen MR) is 70.2 cm³/mol. The molecule has 1 aliphatic rings. The van der Waals surface area contributed by atoms with Crippen LogP contribution in [0.4, 0.5) is 5.95 Å². The van der Waals surface area contributed by atoms with E-state index in [-0.39, 0.29) is 5.97 Å². The van der Waals surface area contributed by atoms with E-state index in [2.05, 4.69) is 15.3 Å². The number of aryl methyl sites for hydroxylation is 1.